The van der Waals surface area contributed by atoms with Gasteiger partial charge in [-0.2, -0.15) is 0 Å². The quantitative estimate of drug-likeness (QED) is 0.598. The first kappa shape index (κ1) is 8.87. The molecule has 0 aliphatic rings. The van der Waals surface area contributed by atoms with Crippen molar-refractivity contribution in [3.63, 3.8) is 0 Å². The molecule has 0 aliphatic heterocycles. The Morgan fingerprint density at radius 2 is 2.33 bits per heavy atom. The van der Waals surface area contributed by atoms with Crippen LogP contribution in [0.1, 0.15) is 13.8 Å². The van der Waals surface area contributed by atoms with Crippen molar-refractivity contribution in [2.24, 2.45) is 5.73 Å². The second-order valence-electron chi connectivity index (χ2n) is 1.78. The van der Waals surface area contributed by atoms with E-state index in [-0.39, 0.29) is 0 Å². The highest BCUT2D eigenvalue weighted by atomic mass is 32.2. The minimum absolute atomic E-state index is 0.547. The van der Waals surface area contributed by atoms with Crippen LogP contribution in [0.4, 0.5) is 0 Å². The zero-order valence-corrected chi connectivity index (χ0v) is 6.79. The third kappa shape index (κ3) is 5.75. The van der Waals surface area contributed by atoms with Gasteiger partial charge in [-0.1, -0.05) is 12.8 Å². The highest BCUT2D eigenvalue weighted by Gasteiger charge is 1.94. The average Bonchev–Trinajstić information content (AvgIpc) is 1.89. The van der Waals surface area contributed by atoms with Gasteiger partial charge in [0.1, 0.15) is 0 Å². The minimum atomic E-state index is 0.547. The third-order valence-electron chi connectivity index (χ3n) is 0.949. The topological polar surface area (TPSA) is 26.0 Å². The van der Waals surface area contributed by atoms with Crippen molar-refractivity contribution in [1.29, 1.82) is 0 Å². The van der Waals surface area contributed by atoms with Crippen molar-refractivity contribution in [2.75, 3.05) is 12.3 Å². The lowest BCUT2D eigenvalue weighted by atomic mass is 10.5. The molecule has 0 bridgehead atoms. The zero-order chi connectivity index (χ0) is 7.11. The van der Waals surface area contributed by atoms with Gasteiger partial charge in [0, 0.05) is 11.8 Å². The fourth-order valence-corrected chi connectivity index (χ4v) is 0.972. The van der Waals surface area contributed by atoms with Crippen LogP contribution < -0.4 is 5.73 Å². The largest absolute Gasteiger partial charge is 0.329 e. The van der Waals surface area contributed by atoms with Crippen LogP contribution >= 0.6 is 11.8 Å². The van der Waals surface area contributed by atoms with Crippen LogP contribution in [-0.4, -0.2) is 17.5 Å². The summed E-state index contributed by atoms with van der Waals surface area (Å²) in [5.41, 5.74) is 5.39. The molecular weight excluding hydrogens is 130 g/mol. The molecule has 52 valence electrons. The molecule has 0 rings (SSSR count). The first-order chi connectivity index (χ1) is 4.31. The number of thioether (sulfide) groups is 1. The molecule has 1 unspecified atom stereocenters. The van der Waals surface area contributed by atoms with Crippen LogP contribution in [0.2, 0.25) is 0 Å². The van der Waals surface area contributed by atoms with E-state index in [1.54, 1.807) is 11.8 Å². The molecule has 0 aromatic rings. The van der Waals surface area contributed by atoms with Crippen molar-refractivity contribution in [1.82, 2.24) is 0 Å². The average molecular weight is 143 g/mol. The zero-order valence-electron chi connectivity index (χ0n) is 5.98. The SMILES string of the molecule is CC#CCSC(C)CN. The van der Waals surface area contributed by atoms with Crippen LogP contribution in [0.25, 0.3) is 0 Å². The van der Waals surface area contributed by atoms with Crippen molar-refractivity contribution < 1.29 is 0 Å². The number of hydrogen-bond acceptors (Lipinski definition) is 2. The van der Waals surface area contributed by atoms with Gasteiger partial charge in [0.2, 0.25) is 0 Å². The smallest absolute Gasteiger partial charge is 0.0550 e. The van der Waals surface area contributed by atoms with E-state index in [1.807, 2.05) is 6.92 Å². The maximum atomic E-state index is 5.39. The number of rotatable bonds is 3. The summed E-state index contributed by atoms with van der Waals surface area (Å²) in [7, 11) is 0. The number of hydrogen-bond donors (Lipinski definition) is 1. The van der Waals surface area contributed by atoms with E-state index in [0.717, 1.165) is 12.3 Å². The van der Waals surface area contributed by atoms with Crippen LogP contribution in [0.15, 0.2) is 0 Å². The van der Waals surface area contributed by atoms with E-state index in [0.29, 0.717) is 5.25 Å². The summed E-state index contributed by atoms with van der Waals surface area (Å²) in [5.74, 6) is 6.72. The Morgan fingerprint density at radius 3 is 2.78 bits per heavy atom. The van der Waals surface area contributed by atoms with Gasteiger partial charge < -0.3 is 5.73 Å². The Balaban J connectivity index is 3.13. The molecule has 0 amide bonds. The Kier molecular flexibility index (Phi) is 5.91. The van der Waals surface area contributed by atoms with Crippen LogP contribution in [0.5, 0.6) is 0 Å². The van der Waals surface area contributed by atoms with E-state index in [4.69, 9.17) is 5.73 Å². The van der Waals surface area contributed by atoms with Crippen LogP contribution in [0, 0.1) is 11.8 Å². The van der Waals surface area contributed by atoms with Crippen molar-refractivity contribution in [2.45, 2.75) is 19.1 Å². The van der Waals surface area contributed by atoms with Gasteiger partial charge in [0.15, 0.2) is 0 Å². The van der Waals surface area contributed by atoms with Crippen LogP contribution in [0.3, 0.4) is 0 Å². The van der Waals surface area contributed by atoms with Gasteiger partial charge in [-0.15, -0.1) is 17.7 Å². The molecule has 1 atom stereocenters. The molecule has 0 heterocycles. The van der Waals surface area contributed by atoms with E-state index in [2.05, 4.69) is 18.8 Å². The first-order valence-corrected chi connectivity index (χ1v) is 4.07. The summed E-state index contributed by atoms with van der Waals surface area (Å²) >= 11 is 1.80. The van der Waals surface area contributed by atoms with Gasteiger partial charge >= 0.3 is 0 Å². The Morgan fingerprint density at radius 1 is 1.67 bits per heavy atom. The molecular formula is C7H13NS. The van der Waals surface area contributed by atoms with Crippen molar-refractivity contribution in [3.8, 4) is 11.8 Å². The summed E-state index contributed by atoms with van der Waals surface area (Å²) < 4.78 is 0. The fourth-order valence-electron chi connectivity index (χ4n) is 0.324. The van der Waals surface area contributed by atoms with Gasteiger partial charge in [-0.05, 0) is 6.92 Å². The van der Waals surface area contributed by atoms with Crippen molar-refractivity contribution >= 4 is 11.8 Å². The van der Waals surface area contributed by atoms with Crippen LogP contribution in [-0.2, 0) is 0 Å². The van der Waals surface area contributed by atoms with Gasteiger partial charge in [0.25, 0.3) is 0 Å². The standard InChI is InChI=1S/C7H13NS/c1-3-4-5-9-7(2)6-8/h7H,5-6,8H2,1-2H3. The molecule has 0 fully saturated rings. The van der Waals surface area contributed by atoms with Crippen molar-refractivity contribution in [3.05, 3.63) is 0 Å². The Labute approximate surface area is 61.4 Å². The maximum Gasteiger partial charge on any atom is 0.0550 e. The lowest BCUT2D eigenvalue weighted by Crippen LogP contribution is -2.12. The van der Waals surface area contributed by atoms with E-state index < -0.39 is 0 Å². The first-order valence-electron chi connectivity index (χ1n) is 3.02. The normalized spacial score (nSPS) is 11.9. The second kappa shape index (κ2) is 6.00. The molecule has 1 nitrogen and oxygen atoms in total. The van der Waals surface area contributed by atoms with E-state index in [1.165, 1.54) is 0 Å². The highest BCUT2D eigenvalue weighted by molar-refractivity contribution is 8.00. The Bertz CT molecular complexity index is 112. The summed E-state index contributed by atoms with van der Waals surface area (Å²) in [6, 6.07) is 0. The van der Waals surface area contributed by atoms with Gasteiger partial charge in [-0.25, -0.2) is 0 Å². The summed E-state index contributed by atoms with van der Waals surface area (Å²) in [4.78, 5) is 0. The van der Waals surface area contributed by atoms with E-state index in [9.17, 15) is 0 Å². The maximum absolute atomic E-state index is 5.39. The molecule has 2 heteroatoms. The second-order valence-corrected chi connectivity index (χ2v) is 3.21. The molecule has 0 radical (unpaired) electrons. The Hall–Kier alpha value is -0.130. The molecule has 0 aliphatic carbocycles. The molecule has 0 saturated heterocycles. The van der Waals surface area contributed by atoms with E-state index >= 15 is 0 Å². The lowest BCUT2D eigenvalue weighted by molar-refractivity contribution is 0.954. The molecule has 0 aromatic heterocycles. The fraction of sp³-hybridized carbons (Fsp3) is 0.714. The molecule has 0 aromatic carbocycles. The predicted molar refractivity (Wildman–Crippen MR) is 44.4 cm³/mol. The number of nitrogens with two attached hydrogens (primary N) is 1. The minimum Gasteiger partial charge on any atom is -0.329 e. The summed E-state index contributed by atoms with van der Waals surface area (Å²) in [5, 5.41) is 0.547. The molecule has 0 saturated carbocycles. The monoisotopic (exact) mass is 143 g/mol. The molecule has 9 heavy (non-hydrogen) atoms. The van der Waals surface area contributed by atoms with Gasteiger partial charge in [0.05, 0.1) is 5.75 Å². The molecule has 2 N–H and O–H groups in total. The lowest BCUT2D eigenvalue weighted by Gasteiger charge is -2.02. The van der Waals surface area contributed by atoms with Gasteiger partial charge in [-0.3, -0.25) is 0 Å². The summed E-state index contributed by atoms with van der Waals surface area (Å²) in [6.45, 7) is 4.71. The molecule has 0 spiro atoms. The third-order valence-corrected chi connectivity index (χ3v) is 2.02. The predicted octanol–water partition coefficient (Wildman–Crippen LogP) is 1.09. The highest BCUT2D eigenvalue weighted by Crippen LogP contribution is 2.06. The summed E-state index contributed by atoms with van der Waals surface area (Å²) in [6.07, 6.45) is 0.